The van der Waals surface area contributed by atoms with Gasteiger partial charge >= 0.3 is 5.97 Å². The molecular formula is C25H30N2O2. The van der Waals surface area contributed by atoms with Gasteiger partial charge in [0.2, 0.25) is 0 Å². The van der Waals surface area contributed by atoms with Crippen LogP contribution < -0.4 is 5.73 Å². The number of rotatable bonds is 6. The number of carbonyl (C=O) groups is 1. The van der Waals surface area contributed by atoms with Gasteiger partial charge in [0, 0.05) is 29.2 Å². The van der Waals surface area contributed by atoms with Gasteiger partial charge in [0.15, 0.2) is 0 Å². The minimum absolute atomic E-state index is 0.0236. The van der Waals surface area contributed by atoms with Crippen LogP contribution in [0, 0.1) is 5.92 Å². The van der Waals surface area contributed by atoms with Gasteiger partial charge in [0.05, 0.1) is 13.0 Å². The van der Waals surface area contributed by atoms with Gasteiger partial charge in [-0.1, -0.05) is 55.5 Å². The summed E-state index contributed by atoms with van der Waals surface area (Å²) in [5.74, 6) is 0.806. The van der Waals surface area contributed by atoms with Gasteiger partial charge in [-0.2, -0.15) is 0 Å². The maximum absolute atomic E-state index is 12.0. The Balaban J connectivity index is 1.68. The maximum atomic E-state index is 12.0. The van der Waals surface area contributed by atoms with Crippen LogP contribution in [0.5, 0.6) is 0 Å². The number of esters is 1. The van der Waals surface area contributed by atoms with E-state index in [-0.39, 0.29) is 12.0 Å². The number of carbonyl (C=O) groups excluding carboxylic acids is 1. The lowest BCUT2D eigenvalue weighted by Gasteiger charge is -2.33. The van der Waals surface area contributed by atoms with Crippen LogP contribution in [0.1, 0.15) is 55.5 Å². The van der Waals surface area contributed by atoms with Crippen molar-refractivity contribution < 1.29 is 9.53 Å². The van der Waals surface area contributed by atoms with Crippen molar-refractivity contribution in [3.8, 4) is 0 Å². The molecular weight excluding hydrogens is 360 g/mol. The van der Waals surface area contributed by atoms with E-state index in [9.17, 15) is 4.79 Å². The molecule has 29 heavy (non-hydrogen) atoms. The van der Waals surface area contributed by atoms with Gasteiger partial charge in [-0.15, -0.1) is 0 Å². The Bertz CT molecular complexity index is 993. The Kier molecular flexibility index (Phi) is 5.72. The fourth-order valence-electron chi connectivity index (χ4n) is 4.90. The lowest BCUT2D eigenvalue weighted by molar-refractivity contribution is -0.143. The van der Waals surface area contributed by atoms with E-state index in [1.165, 1.54) is 27.7 Å². The third-order valence-corrected chi connectivity index (χ3v) is 6.37. The molecule has 1 heterocycles. The number of hydrogen-bond donors (Lipinski definition) is 1. The number of ether oxygens (including phenoxy) is 1. The fourth-order valence-corrected chi connectivity index (χ4v) is 4.90. The largest absolute Gasteiger partial charge is 0.466 e. The topological polar surface area (TPSA) is 57.2 Å². The summed E-state index contributed by atoms with van der Waals surface area (Å²) >= 11 is 0. The molecule has 3 atom stereocenters. The van der Waals surface area contributed by atoms with Gasteiger partial charge in [-0.3, -0.25) is 4.79 Å². The van der Waals surface area contributed by atoms with Crippen LogP contribution in [-0.2, 0) is 22.5 Å². The molecule has 0 aliphatic heterocycles. The van der Waals surface area contributed by atoms with E-state index in [4.69, 9.17) is 10.5 Å². The molecule has 0 saturated carbocycles. The summed E-state index contributed by atoms with van der Waals surface area (Å²) in [4.78, 5) is 12.0. The predicted octanol–water partition coefficient (Wildman–Crippen LogP) is 4.96. The highest BCUT2D eigenvalue weighted by molar-refractivity contribution is 5.86. The zero-order valence-electron chi connectivity index (χ0n) is 17.3. The van der Waals surface area contributed by atoms with E-state index in [1.807, 2.05) is 6.92 Å². The molecule has 2 aromatic carbocycles. The van der Waals surface area contributed by atoms with Crippen molar-refractivity contribution in [3.63, 3.8) is 0 Å². The normalized spacial score (nSPS) is 19.7. The molecule has 4 nitrogen and oxygen atoms in total. The molecule has 0 spiro atoms. The Morgan fingerprint density at radius 1 is 1.17 bits per heavy atom. The summed E-state index contributed by atoms with van der Waals surface area (Å²) in [6.45, 7) is 5.19. The molecule has 4 heteroatoms. The zero-order chi connectivity index (χ0) is 20.4. The second kappa shape index (κ2) is 8.42. The summed E-state index contributed by atoms with van der Waals surface area (Å²) in [5, 5.41) is 1.27. The van der Waals surface area contributed by atoms with Crippen LogP contribution in [0.25, 0.3) is 10.9 Å². The number of nitrogens with two attached hydrogens (primary N) is 1. The van der Waals surface area contributed by atoms with Crippen LogP contribution in [0.4, 0.5) is 0 Å². The third kappa shape index (κ3) is 3.82. The summed E-state index contributed by atoms with van der Waals surface area (Å²) in [7, 11) is 0. The number of nitrogens with zero attached hydrogens (tertiary/aromatic N) is 1. The number of aromatic nitrogens is 1. The Morgan fingerprint density at radius 2 is 1.90 bits per heavy atom. The predicted molar refractivity (Wildman–Crippen MR) is 117 cm³/mol. The number of benzene rings is 2. The molecule has 0 amide bonds. The van der Waals surface area contributed by atoms with Gasteiger partial charge < -0.3 is 15.0 Å². The SMILES string of the molecule is CCOC(=O)CCn1c2c(c3ccccc31)CC(C(C)c1ccccc1)C[C@H]2N. The van der Waals surface area contributed by atoms with E-state index in [2.05, 4.69) is 66.1 Å². The van der Waals surface area contributed by atoms with Crippen LogP contribution in [-0.4, -0.2) is 17.1 Å². The van der Waals surface area contributed by atoms with Crippen LogP contribution in [0.3, 0.4) is 0 Å². The Hall–Kier alpha value is -2.59. The molecule has 0 radical (unpaired) electrons. The molecule has 4 rings (SSSR count). The number of aryl methyl sites for hydroxylation is 1. The molecule has 1 aliphatic rings. The Morgan fingerprint density at radius 3 is 2.66 bits per heavy atom. The third-order valence-electron chi connectivity index (χ3n) is 6.37. The fraction of sp³-hybridized carbons (Fsp3) is 0.400. The standard InChI is InChI=1S/C25H30N2O2/c1-3-29-24(28)13-14-27-23-12-8-7-11-20(23)21-15-19(16-22(26)25(21)27)17(2)18-9-5-4-6-10-18/h4-12,17,19,22H,3,13-16,26H2,1-2H3/t17?,19?,22-/m1/s1. The van der Waals surface area contributed by atoms with Crippen molar-refractivity contribution in [1.82, 2.24) is 4.57 Å². The average molecular weight is 391 g/mol. The second-order valence-electron chi connectivity index (χ2n) is 8.09. The minimum atomic E-state index is -0.154. The van der Waals surface area contributed by atoms with Crippen LogP contribution >= 0.6 is 0 Å². The maximum Gasteiger partial charge on any atom is 0.307 e. The number of para-hydroxylation sites is 1. The van der Waals surface area contributed by atoms with E-state index in [0.29, 0.717) is 31.4 Å². The summed E-state index contributed by atoms with van der Waals surface area (Å²) < 4.78 is 7.40. The lowest BCUT2D eigenvalue weighted by Crippen LogP contribution is -2.29. The van der Waals surface area contributed by atoms with Crippen molar-refractivity contribution in [2.24, 2.45) is 11.7 Å². The van der Waals surface area contributed by atoms with Crippen LogP contribution in [0.15, 0.2) is 54.6 Å². The first-order valence-electron chi connectivity index (χ1n) is 10.7. The number of fused-ring (bicyclic) bond motifs is 3. The first kappa shape index (κ1) is 19.7. The van der Waals surface area contributed by atoms with Gasteiger partial charge in [0.25, 0.3) is 0 Å². The molecule has 3 aromatic rings. The molecule has 0 bridgehead atoms. The van der Waals surface area contributed by atoms with Crippen molar-refractivity contribution in [2.45, 2.75) is 51.6 Å². The minimum Gasteiger partial charge on any atom is -0.466 e. The van der Waals surface area contributed by atoms with Gasteiger partial charge in [-0.25, -0.2) is 0 Å². The average Bonchev–Trinajstić information content (AvgIpc) is 3.07. The molecule has 0 saturated heterocycles. The van der Waals surface area contributed by atoms with E-state index in [1.54, 1.807) is 0 Å². The quantitative estimate of drug-likeness (QED) is 0.605. The highest BCUT2D eigenvalue weighted by Crippen LogP contribution is 2.43. The van der Waals surface area contributed by atoms with E-state index in [0.717, 1.165) is 12.8 Å². The summed E-state index contributed by atoms with van der Waals surface area (Å²) in [6, 6.07) is 19.2. The zero-order valence-corrected chi connectivity index (χ0v) is 17.3. The van der Waals surface area contributed by atoms with E-state index >= 15 is 0 Å². The molecule has 152 valence electrons. The second-order valence-corrected chi connectivity index (χ2v) is 8.09. The molecule has 1 aliphatic carbocycles. The van der Waals surface area contributed by atoms with Crippen molar-refractivity contribution in [1.29, 1.82) is 0 Å². The Labute approximate surface area is 172 Å². The van der Waals surface area contributed by atoms with Crippen molar-refractivity contribution >= 4 is 16.9 Å². The van der Waals surface area contributed by atoms with Crippen molar-refractivity contribution in [3.05, 3.63) is 71.4 Å². The van der Waals surface area contributed by atoms with Crippen molar-refractivity contribution in [2.75, 3.05) is 6.61 Å². The summed E-state index contributed by atoms with van der Waals surface area (Å²) in [6.07, 6.45) is 2.35. The molecule has 1 aromatic heterocycles. The van der Waals surface area contributed by atoms with Crippen LogP contribution in [0.2, 0.25) is 0 Å². The monoisotopic (exact) mass is 390 g/mol. The van der Waals surface area contributed by atoms with Gasteiger partial charge in [-0.05, 0) is 48.8 Å². The lowest BCUT2D eigenvalue weighted by atomic mass is 9.75. The smallest absolute Gasteiger partial charge is 0.307 e. The first-order chi connectivity index (χ1) is 14.1. The first-order valence-corrected chi connectivity index (χ1v) is 10.7. The highest BCUT2D eigenvalue weighted by Gasteiger charge is 2.33. The molecule has 2 unspecified atom stereocenters. The molecule has 2 N–H and O–H groups in total. The number of hydrogen-bond acceptors (Lipinski definition) is 3. The van der Waals surface area contributed by atoms with E-state index < -0.39 is 0 Å². The highest BCUT2D eigenvalue weighted by atomic mass is 16.5. The summed E-state index contributed by atoms with van der Waals surface area (Å²) in [5.41, 5.74) is 11.8. The molecule has 0 fully saturated rings. The van der Waals surface area contributed by atoms with Gasteiger partial charge in [0.1, 0.15) is 0 Å².